The number of benzene rings is 1. The highest BCUT2D eigenvalue weighted by molar-refractivity contribution is 5.87. The number of nitrogen functional groups attached to an aromatic ring is 3. The molecular formula is C14H20N6O. The van der Waals surface area contributed by atoms with Gasteiger partial charge in [-0.15, -0.1) is 0 Å². The van der Waals surface area contributed by atoms with E-state index in [4.69, 9.17) is 17.2 Å². The van der Waals surface area contributed by atoms with E-state index in [1.54, 1.807) is 12.1 Å². The van der Waals surface area contributed by atoms with Gasteiger partial charge in [0.25, 0.3) is 0 Å². The Balaban J connectivity index is 1.75. The van der Waals surface area contributed by atoms with Crippen LogP contribution in [0.1, 0.15) is 19.3 Å². The molecule has 1 fully saturated rings. The number of carbonyl (C=O) groups excluding carboxylic acids is 1. The van der Waals surface area contributed by atoms with E-state index >= 15 is 0 Å². The Morgan fingerprint density at radius 1 is 1.14 bits per heavy atom. The minimum atomic E-state index is 0.246. The van der Waals surface area contributed by atoms with Crippen LogP contribution in [-0.2, 0) is 11.3 Å². The minimum absolute atomic E-state index is 0.246. The van der Waals surface area contributed by atoms with Gasteiger partial charge in [0, 0.05) is 26.1 Å². The largest absolute Gasteiger partial charge is 0.397 e. The first-order chi connectivity index (χ1) is 10.1. The fourth-order valence-electron chi connectivity index (χ4n) is 2.82. The van der Waals surface area contributed by atoms with E-state index in [1.165, 1.54) is 0 Å². The topological polar surface area (TPSA) is 116 Å². The van der Waals surface area contributed by atoms with E-state index in [9.17, 15) is 4.79 Å². The van der Waals surface area contributed by atoms with Gasteiger partial charge >= 0.3 is 0 Å². The number of hydrogen-bond acceptors (Lipinski definition) is 5. The summed E-state index contributed by atoms with van der Waals surface area (Å²) in [4.78, 5) is 17.8. The maximum absolute atomic E-state index is 11.6. The Hall–Kier alpha value is -2.44. The second kappa shape index (κ2) is 5.16. The first kappa shape index (κ1) is 13.5. The van der Waals surface area contributed by atoms with E-state index in [0.717, 1.165) is 37.0 Å². The quantitative estimate of drug-likeness (QED) is 0.719. The molecule has 0 spiro atoms. The van der Waals surface area contributed by atoms with Crippen LogP contribution >= 0.6 is 0 Å². The van der Waals surface area contributed by atoms with Gasteiger partial charge in [0.05, 0.1) is 22.4 Å². The number of nitrogens with two attached hydrogens (primary N) is 3. The summed E-state index contributed by atoms with van der Waals surface area (Å²) in [6.45, 7) is 2.32. The molecule has 0 aliphatic carbocycles. The third-order valence-electron chi connectivity index (χ3n) is 3.96. The number of rotatable bonds is 4. The number of likely N-dealkylation sites (tertiary alicyclic amines) is 1. The van der Waals surface area contributed by atoms with Gasteiger partial charge in [-0.2, -0.15) is 0 Å². The molecule has 1 amide bonds. The SMILES string of the molecule is Nc1cc2nc(N)n(CCCN3CCCC3=O)c2cc1N. The first-order valence-electron chi connectivity index (χ1n) is 7.15. The molecular weight excluding hydrogens is 268 g/mol. The predicted octanol–water partition coefficient (Wildman–Crippen LogP) is 0.795. The molecule has 1 aliphatic heterocycles. The summed E-state index contributed by atoms with van der Waals surface area (Å²) in [6, 6.07) is 3.54. The number of fused-ring (bicyclic) bond motifs is 1. The fraction of sp³-hybridized carbons (Fsp3) is 0.429. The van der Waals surface area contributed by atoms with Crippen LogP contribution in [0.4, 0.5) is 17.3 Å². The normalized spacial score (nSPS) is 15.2. The molecule has 2 heterocycles. The molecule has 0 bridgehead atoms. The van der Waals surface area contributed by atoms with Gasteiger partial charge in [0.2, 0.25) is 11.9 Å². The summed E-state index contributed by atoms with van der Waals surface area (Å²) in [7, 11) is 0. The lowest BCUT2D eigenvalue weighted by Crippen LogP contribution is -2.26. The Morgan fingerprint density at radius 3 is 2.62 bits per heavy atom. The van der Waals surface area contributed by atoms with Crippen LogP contribution in [-0.4, -0.2) is 33.4 Å². The number of anilines is 3. The molecule has 0 atom stereocenters. The summed E-state index contributed by atoms with van der Waals surface area (Å²) in [5.74, 6) is 0.693. The summed E-state index contributed by atoms with van der Waals surface area (Å²) in [5.41, 5.74) is 20.3. The van der Waals surface area contributed by atoms with Gasteiger partial charge in [-0.05, 0) is 25.0 Å². The van der Waals surface area contributed by atoms with E-state index in [0.29, 0.717) is 30.3 Å². The zero-order valence-electron chi connectivity index (χ0n) is 11.9. The van der Waals surface area contributed by atoms with Gasteiger partial charge in [-0.3, -0.25) is 4.79 Å². The van der Waals surface area contributed by atoms with Crippen molar-refractivity contribution < 1.29 is 4.79 Å². The fourth-order valence-corrected chi connectivity index (χ4v) is 2.82. The van der Waals surface area contributed by atoms with Crippen molar-refractivity contribution in [3.05, 3.63) is 12.1 Å². The van der Waals surface area contributed by atoms with Crippen molar-refractivity contribution in [2.24, 2.45) is 0 Å². The number of aromatic nitrogens is 2. The summed E-state index contributed by atoms with van der Waals surface area (Å²) < 4.78 is 1.92. The zero-order chi connectivity index (χ0) is 15.0. The molecule has 1 aromatic carbocycles. The van der Waals surface area contributed by atoms with E-state index in [-0.39, 0.29) is 5.91 Å². The maximum atomic E-state index is 11.6. The Labute approximate surface area is 122 Å². The lowest BCUT2D eigenvalue weighted by molar-refractivity contribution is -0.127. The van der Waals surface area contributed by atoms with Crippen LogP contribution in [0.2, 0.25) is 0 Å². The number of aryl methyl sites for hydroxylation is 1. The number of hydrogen-bond donors (Lipinski definition) is 3. The van der Waals surface area contributed by atoms with Crippen LogP contribution in [0.25, 0.3) is 11.0 Å². The van der Waals surface area contributed by atoms with Crippen LogP contribution in [0, 0.1) is 0 Å². The second-order valence-electron chi connectivity index (χ2n) is 5.43. The monoisotopic (exact) mass is 288 g/mol. The average molecular weight is 288 g/mol. The zero-order valence-corrected chi connectivity index (χ0v) is 11.9. The van der Waals surface area contributed by atoms with Crippen LogP contribution in [0.15, 0.2) is 12.1 Å². The molecule has 0 saturated carbocycles. The molecule has 2 aromatic rings. The lowest BCUT2D eigenvalue weighted by atomic mass is 10.2. The predicted molar refractivity (Wildman–Crippen MR) is 83.4 cm³/mol. The third-order valence-corrected chi connectivity index (χ3v) is 3.96. The Morgan fingerprint density at radius 2 is 1.90 bits per heavy atom. The molecule has 3 rings (SSSR count). The Kier molecular flexibility index (Phi) is 3.32. The number of amides is 1. The van der Waals surface area contributed by atoms with Crippen molar-refractivity contribution in [2.45, 2.75) is 25.8 Å². The molecule has 1 aromatic heterocycles. The number of imidazole rings is 1. The second-order valence-corrected chi connectivity index (χ2v) is 5.43. The van der Waals surface area contributed by atoms with E-state index in [2.05, 4.69) is 4.98 Å². The van der Waals surface area contributed by atoms with Crippen molar-refractivity contribution in [1.82, 2.24) is 14.5 Å². The molecule has 21 heavy (non-hydrogen) atoms. The molecule has 0 unspecified atom stereocenters. The molecule has 1 aliphatic rings. The number of carbonyl (C=O) groups is 1. The molecule has 7 heteroatoms. The highest BCUT2D eigenvalue weighted by Crippen LogP contribution is 2.25. The Bertz CT molecular complexity index is 692. The summed E-state index contributed by atoms with van der Waals surface area (Å²) in [5, 5.41) is 0. The number of nitrogens with zero attached hydrogens (tertiary/aromatic N) is 3. The van der Waals surface area contributed by atoms with E-state index in [1.807, 2.05) is 9.47 Å². The maximum Gasteiger partial charge on any atom is 0.222 e. The molecule has 112 valence electrons. The van der Waals surface area contributed by atoms with Crippen molar-refractivity contribution >= 4 is 34.3 Å². The van der Waals surface area contributed by atoms with Crippen molar-refractivity contribution in [2.75, 3.05) is 30.3 Å². The molecule has 7 nitrogen and oxygen atoms in total. The van der Waals surface area contributed by atoms with Gasteiger partial charge in [0.15, 0.2) is 0 Å². The van der Waals surface area contributed by atoms with Crippen molar-refractivity contribution in [3.63, 3.8) is 0 Å². The van der Waals surface area contributed by atoms with Crippen LogP contribution < -0.4 is 17.2 Å². The third kappa shape index (κ3) is 2.46. The summed E-state index contributed by atoms with van der Waals surface area (Å²) >= 11 is 0. The van der Waals surface area contributed by atoms with Crippen molar-refractivity contribution in [1.29, 1.82) is 0 Å². The molecule has 6 N–H and O–H groups in total. The van der Waals surface area contributed by atoms with Crippen LogP contribution in [0.3, 0.4) is 0 Å². The smallest absolute Gasteiger partial charge is 0.222 e. The van der Waals surface area contributed by atoms with Gasteiger partial charge in [-0.1, -0.05) is 0 Å². The van der Waals surface area contributed by atoms with Gasteiger partial charge < -0.3 is 26.7 Å². The highest BCUT2D eigenvalue weighted by Gasteiger charge is 2.19. The van der Waals surface area contributed by atoms with Gasteiger partial charge in [-0.25, -0.2) is 4.98 Å². The highest BCUT2D eigenvalue weighted by atomic mass is 16.2. The van der Waals surface area contributed by atoms with E-state index < -0.39 is 0 Å². The molecule has 1 saturated heterocycles. The molecule has 0 radical (unpaired) electrons. The minimum Gasteiger partial charge on any atom is -0.397 e. The van der Waals surface area contributed by atoms with Gasteiger partial charge in [0.1, 0.15) is 0 Å². The lowest BCUT2D eigenvalue weighted by Gasteiger charge is -2.15. The van der Waals surface area contributed by atoms with Crippen LogP contribution in [0.5, 0.6) is 0 Å². The standard InChI is InChI=1S/C14H20N6O/c15-9-7-11-12(8-10(9)16)20(14(17)18-11)6-2-5-19-4-1-3-13(19)21/h7-8H,1-6,15-16H2,(H2,17,18). The summed E-state index contributed by atoms with van der Waals surface area (Å²) in [6.07, 6.45) is 2.47. The average Bonchev–Trinajstić information content (AvgIpc) is 2.96. The first-order valence-corrected chi connectivity index (χ1v) is 7.15. The van der Waals surface area contributed by atoms with Crippen molar-refractivity contribution in [3.8, 4) is 0 Å².